The van der Waals surface area contributed by atoms with Gasteiger partial charge in [-0.15, -0.1) is 0 Å². The van der Waals surface area contributed by atoms with Gasteiger partial charge in [-0.2, -0.15) is 5.26 Å². The Hall–Kier alpha value is -3.50. The minimum atomic E-state index is 0.115. The second-order valence-corrected chi connectivity index (χ2v) is 8.69. The van der Waals surface area contributed by atoms with Crippen molar-refractivity contribution in [2.75, 3.05) is 44.8 Å². The van der Waals surface area contributed by atoms with Crippen LogP contribution in [-0.4, -0.2) is 60.7 Å². The van der Waals surface area contributed by atoms with E-state index in [1.54, 1.807) is 7.11 Å². The fraction of sp³-hybridized carbons (Fsp3) is 0.385. The summed E-state index contributed by atoms with van der Waals surface area (Å²) in [6, 6.07) is 12.6. The number of carbonyl (C=O) groups excluding carboxylic acids is 1. The second-order valence-electron chi connectivity index (χ2n) is 8.69. The van der Waals surface area contributed by atoms with Crippen LogP contribution in [0, 0.1) is 11.3 Å². The first-order valence-corrected chi connectivity index (χ1v) is 11.5. The number of amides is 1. The van der Waals surface area contributed by atoms with Crippen LogP contribution in [0.2, 0.25) is 0 Å². The van der Waals surface area contributed by atoms with E-state index in [0.29, 0.717) is 50.7 Å². The number of pyridine rings is 2. The SMILES string of the molecule is COCCC(=O)N1CCN(c2nc(C3CC3)c(-c3cccc4cnccc34)cc2C#N)CC1. The third-order valence-corrected chi connectivity index (χ3v) is 6.54. The standard InChI is InChI=1S/C26H27N5O2/c1-33-14-8-24(32)30-10-12-31(13-11-30)26-20(16-27)15-23(25(29-26)18-5-6-18)22-4-2-3-19-17-28-9-7-21(19)22/h2-4,7,9,15,17-18H,5-6,8,10-14H2,1H3. The van der Waals surface area contributed by atoms with Crippen molar-refractivity contribution in [3.63, 3.8) is 0 Å². The van der Waals surface area contributed by atoms with Crippen molar-refractivity contribution in [2.45, 2.75) is 25.2 Å². The van der Waals surface area contributed by atoms with E-state index < -0.39 is 0 Å². The third-order valence-electron chi connectivity index (χ3n) is 6.54. The van der Waals surface area contributed by atoms with Crippen molar-refractivity contribution in [1.29, 1.82) is 5.26 Å². The van der Waals surface area contributed by atoms with Gasteiger partial charge in [-0.25, -0.2) is 4.98 Å². The number of benzene rings is 1. The Labute approximate surface area is 193 Å². The number of nitrogens with zero attached hydrogens (tertiary/aromatic N) is 5. The maximum absolute atomic E-state index is 12.3. The summed E-state index contributed by atoms with van der Waals surface area (Å²) < 4.78 is 5.03. The molecule has 1 aromatic carbocycles. The first-order valence-electron chi connectivity index (χ1n) is 11.5. The van der Waals surface area contributed by atoms with E-state index in [-0.39, 0.29) is 5.91 Å². The van der Waals surface area contributed by atoms with Crippen LogP contribution in [0.15, 0.2) is 42.7 Å². The predicted molar refractivity (Wildman–Crippen MR) is 127 cm³/mol. The fourth-order valence-corrected chi connectivity index (χ4v) is 4.60. The van der Waals surface area contributed by atoms with Crippen molar-refractivity contribution >= 4 is 22.5 Å². The number of ether oxygens (including phenoxy) is 1. The molecule has 1 amide bonds. The molecule has 3 heterocycles. The van der Waals surface area contributed by atoms with Crippen LogP contribution < -0.4 is 4.90 Å². The van der Waals surface area contributed by atoms with E-state index in [1.165, 1.54) is 0 Å². The molecule has 0 unspecified atom stereocenters. The lowest BCUT2D eigenvalue weighted by Gasteiger charge is -2.36. The lowest BCUT2D eigenvalue weighted by molar-refractivity contribution is -0.132. The zero-order valence-electron chi connectivity index (χ0n) is 18.8. The minimum Gasteiger partial charge on any atom is -0.384 e. The summed E-state index contributed by atoms with van der Waals surface area (Å²) in [5.74, 6) is 1.29. The molecule has 2 aromatic heterocycles. The lowest BCUT2D eigenvalue weighted by atomic mass is 9.95. The molecular formula is C26H27N5O2. The third kappa shape index (κ3) is 4.27. The Morgan fingerprint density at radius 3 is 2.73 bits per heavy atom. The number of hydrogen-bond donors (Lipinski definition) is 0. The lowest BCUT2D eigenvalue weighted by Crippen LogP contribution is -2.49. The molecule has 7 heteroatoms. The Kier molecular flexibility index (Phi) is 5.93. The van der Waals surface area contributed by atoms with Crippen LogP contribution in [0.4, 0.5) is 5.82 Å². The normalized spacial score (nSPS) is 16.1. The number of anilines is 1. The summed E-state index contributed by atoms with van der Waals surface area (Å²) in [5.41, 5.74) is 3.80. The number of nitriles is 1. The van der Waals surface area contributed by atoms with Crippen molar-refractivity contribution < 1.29 is 9.53 Å². The van der Waals surface area contributed by atoms with E-state index in [0.717, 1.165) is 46.3 Å². The molecule has 168 valence electrons. The van der Waals surface area contributed by atoms with Crippen LogP contribution in [0.5, 0.6) is 0 Å². The smallest absolute Gasteiger partial charge is 0.225 e. The van der Waals surface area contributed by atoms with Crippen molar-refractivity contribution in [3.05, 3.63) is 54.0 Å². The number of aromatic nitrogens is 2. The van der Waals surface area contributed by atoms with Gasteiger partial charge < -0.3 is 14.5 Å². The van der Waals surface area contributed by atoms with Gasteiger partial charge in [0.05, 0.1) is 24.3 Å². The molecule has 1 aliphatic carbocycles. The van der Waals surface area contributed by atoms with E-state index >= 15 is 0 Å². The van der Waals surface area contributed by atoms with Gasteiger partial charge in [0.1, 0.15) is 11.9 Å². The number of piperazine rings is 1. The first-order chi connectivity index (χ1) is 16.2. The maximum Gasteiger partial charge on any atom is 0.225 e. The summed E-state index contributed by atoms with van der Waals surface area (Å²) in [5, 5.41) is 12.2. The highest BCUT2D eigenvalue weighted by Crippen LogP contribution is 2.46. The van der Waals surface area contributed by atoms with Crippen molar-refractivity contribution in [2.24, 2.45) is 0 Å². The number of methoxy groups -OCH3 is 1. The van der Waals surface area contributed by atoms with Gasteiger partial charge in [-0.1, -0.05) is 18.2 Å². The van der Waals surface area contributed by atoms with Crippen molar-refractivity contribution in [1.82, 2.24) is 14.9 Å². The van der Waals surface area contributed by atoms with Crippen LogP contribution >= 0.6 is 0 Å². The van der Waals surface area contributed by atoms with Crippen LogP contribution in [0.3, 0.4) is 0 Å². The van der Waals surface area contributed by atoms with Gasteiger partial charge in [0.25, 0.3) is 0 Å². The van der Waals surface area contributed by atoms with E-state index in [1.807, 2.05) is 35.5 Å². The molecule has 2 aliphatic rings. The van der Waals surface area contributed by atoms with Gasteiger partial charge in [-0.3, -0.25) is 9.78 Å². The molecule has 0 spiro atoms. The Bertz CT molecular complexity index is 1220. The van der Waals surface area contributed by atoms with Gasteiger partial charge in [0.15, 0.2) is 0 Å². The quantitative estimate of drug-likeness (QED) is 0.580. The second kappa shape index (κ2) is 9.16. The van der Waals surface area contributed by atoms with Crippen molar-refractivity contribution in [3.8, 4) is 17.2 Å². The number of fused-ring (bicyclic) bond motifs is 1. The van der Waals surface area contributed by atoms with E-state index in [2.05, 4.69) is 28.1 Å². The van der Waals surface area contributed by atoms with Gasteiger partial charge in [0.2, 0.25) is 5.91 Å². The summed E-state index contributed by atoms with van der Waals surface area (Å²) >= 11 is 0. The molecule has 3 aromatic rings. The minimum absolute atomic E-state index is 0.115. The summed E-state index contributed by atoms with van der Waals surface area (Å²) in [7, 11) is 1.61. The summed E-state index contributed by atoms with van der Waals surface area (Å²) in [6.45, 7) is 3.04. The molecular weight excluding hydrogens is 414 g/mol. The molecule has 1 aliphatic heterocycles. The average molecular weight is 442 g/mol. The highest BCUT2D eigenvalue weighted by Gasteiger charge is 2.31. The van der Waals surface area contributed by atoms with E-state index in [9.17, 15) is 10.1 Å². The first kappa shape index (κ1) is 21.4. The summed E-state index contributed by atoms with van der Waals surface area (Å²) in [4.78, 5) is 25.7. The molecule has 0 atom stereocenters. The average Bonchev–Trinajstić information content (AvgIpc) is 3.72. The molecule has 0 radical (unpaired) electrons. The molecule has 7 nitrogen and oxygen atoms in total. The predicted octanol–water partition coefficient (Wildman–Crippen LogP) is 3.73. The molecule has 0 N–H and O–H groups in total. The molecule has 1 saturated carbocycles. The van der Waals surface area contributed by atoms with Gasteiger partial charge in [-0.05, 0) is 35.9 Å². The van der Waals surface area contributed by atoms with Gasteiger partial charge >= 0.3 is 0 Å². The van der Waals surface area contributed by atoms with Crippen LogP contribution in [0.25, 0.3) is 21.9 Å². The van der Waals surface area contributed by atoms with Crippen LogP contribution in [-0.2, 0) is 9.53 Å². The Balaban J connectivity index is 1.48. The highest BCUT2D eigenvalue weighted by atomic mass is 16.5. The molecule has 0 bridgehead atoms. The van der Waals surface area contributed by atoms with E-state index in [4.69, 9.17) is 9.72 Å². The molecule has 5 rings (SSSR count). The largest absolute Gasteiger partial charge is 0.384 e. The number of hydrogen-bond acceptors (Lipinski definition) is 6. The number of rotatable bonds is 6. The van der Waals surface area contributed by atoms with Crippen LogP contribution in [0.1, 0.15) is 36.4 Å². The monoisotopic (exact) mass is 441 g/mol. The molecule has 33 heavy (non-hydrogen) atoms. The molecule has 1 saturated heterocycles. The highest BCUT2D eigenvalue weighted by molar-refractivity contribution is 5.97. The van der Waals surface area contributed by atoms with Gasteiger partial charge in [0, 0.05) is 62.6 Å². The molecule has 2 fully saturated rings. The maximum atomic E-state index is 12.3. The fourth-order valence-electron chi connectivity index (χ4n) is 4.60. The topological polar surface area (TPSA) is 82.3 Å². The number of carbonyl (C=O) groups is 1. The summed E-state index contributed by atoms with van der Waals surface area (Å²) in [6.07, 6.45) is 6.33. The zero-order chi connectivity index (χ0) is 22.8. The zero-order valence-corrected chi connectivity index (χ0v) is 18.8. The Morgan fingerprint density at radius 1 is 1.18 bits per heavy atom. The Morgan fingerprint density at radius 2 is 2.00 bits per heavy atom.